The molecule has 0 unspecified atom stereocenters. The van der Waals surface area contributed by atoms with Crippen LogP contribution in [0, 0.1) is 0 Å². The van der Waals surface area contributed by atoms with Crippen LogP contribution in [0.4, 0.5) is 0 Å². The molecule has 2 rings (SSSR count). The number of rotatable bonds is 3. The van der Waals surface area contributed by atoms with E-state index in [-0.39, 0.29) is 11.2 Å². The summed E-state index contributed by atoms with van der Waals surface area (Å²) in [5, 5.41) is 0.633. The van der Waals surface area contributed by atoms with Crippen molar-refractivity contribution in [3.05, 3.63) is 76.3 Å². The summed E-state index contributed by atoms with van der Waals surface area (Å²) in [6.07, 6.45) is 3.43. The SMILES string of the molecule is CC(C)(C)c1ccc(C=CC(=O)c2ccc(Cl)cc2)cc1. The summed E-state index contributed by atoms with van der Waals surface area (Å²) < 4.78 is 0. The molecule has 0 fully saturated rings. The molecule has 0 radical (unpaired) electrons. The first-order valence-electron chi connectivity index (χ1n) is 6.95. The molecule has 108 valence electrons. The molecule has 0 heterocycles. The second kappa shape index (κ2) is 6.28. The van der Waals surface area contributed by atoms with Crippen LogP contribution >= 0.6 is 11.6 Å². The van der Waals surface area contributed by atoms with Gasteiger partial charge < -0.3 is 0 Å². The third kappa shape index (κ3) is 4.30. The topological polar surface area (TPSA) is 17.1 Å². The summed E-state index contributed by atoms with van der Waals surface area (Å²) in [7, 11) is 0. The van der Waals surface area contributed by atoms with Crippen LogP contribution in [0.25, 0.3) is 6.08 Å². The van der Waals surface area contributed by atoms with Crippen molar-refractivity contribution in [3.8, 4) is 0 Å². The number of benzene rings is 2. The Labute approximate surface area is 131 Å². The van der Waals surface area contributed by atoms with Gasteiger partial charge in [0.05, 0.1) is 0 Å². The van der Waals surface area contributed by atoms with Crippen molar-refractivity contribution in [2.24, 2.45) is 0 Å². The lowest BCUT2D eigenvalue weighted by Gasteiger charge is -2.18. The van der Waals surface area contributed by atoms with Gasteiger partial charge in [0.2, 0.25) is 0 Å². The number of allylic oxidation sites excluding steroid dienone is 1. The van der Waals surface area contributed by atoms with Crippen molar-refractivity contribution >= 4 is 23.5 Å². The Morgan fingerprint density at radius 1 is 0.952 bits per heavy atom. The van der Waals surface area contributed by atoms with E-state index in [4.69, 9.17) is 11.6 Å². The smallest absolute Gasteiger partial charge is 0.185 e. The molecule has 0 N–H and O–H groups in total. The standard InChI is InChI=1S/C19H19ClO/c1-19(2,3)16-9-4-14(5-10-16)6-13-18(21)15-7-11-17(20)12-8-15/h4-13H,1-3H3. The first kappa shape index (κ1) is 15.5. The molecule has 0 aliphatic rings. The maximum atomic E-state index is 12.0. The highest BCUT2D eigenvalue weighted by Gasteiger charge is 2.12. The van der Waals surface area contributed by atoms with E-state index in [0.29, 0.717) is 10.6 Å². The van der Waals surface area contributed by atoms with Gasteiger partial charge in [-0.1, -0.05) is 62.7 Å². The largest absolute Gasteiger partial charge is 0.289 e. The average molecular weight is 299 g/mol. The molecule has 0 aliphatic carbocycles. The summed E-state index contributed by atoms with van der Waals surface area (Å²) in [6.45, 7) is 6.55. The molecule has 1 nitrogen and oxygen atoms in total. The fourth-order valence-corrected chi connectivity index (χ4v) is 2.10. The molecule has 0 aromatic heterocycles. The summed E-state index contributed by atoms with van der Waals surface area (Å²) in [5.41, 5.74) is 3.08. The maximum Gasteiger partial charge on any atom is 0.185 e. The number of carbonyl (C=O) groups excluding carboxylic acids is 1. The summed E-state index contributed by atoms with van der Waals surface area (Å²) in [6, 6.07) is 15.2. The second-order valence-corrected chi connectivity index (χ2v) is 6.51. The number of halogens is 1. The zero-order valence-corrected chi connectivity index (χ0v) is 13.3. The average Bonchev–Trinajstić information content (AvgIpc) is 2.45. The van der Waals surface area contributed by atoms with Crippen LogP contribution in [0.3, 0.4) is 0 Å². The normalized spacial score (nSPS) is 11.8. The van der Waals surface area contributed by atoms with E-state index in [9.17, 15) is 4.79 Å². The Bertz CT molecular complexity index is 643. The molecule has 2 heteroatoms. The Hall–Kier alpha value is -1.86. The predicted molar refractivity (Wildman–Crippen MR) is 90.0 cm³/mol. The van der Waals surface area contributed by atoms with Crippen LogP contribution < -0.4 is 0 Å². The highest BCUT2D eigenvalue weighted by Crippen LogP contribution is 2.22. The number of hydrogen-bond donors (Lipinski definition) is 0. The Morgan fingerprint density at radius 2 is 1.52 bits per heavy atom. The number of ketones is 1. The number of carbonyl (C=O) groups is 1. The van der Waals surface area contributed by atoms with E-state index < -0.39 is 0 Å². The Balaban J connectivity index is 2.10. The first-order chi connectivity index (χ1) is 9.86. The van der Waals surface area contributed by atoms with E-state index >= 15 is 0 Å². The summed E-state index contributed by atoms with van der Waals surface area (Å²) >= 11 is 5.81. The van der Waals surface area contributed by atoms with Crippen LogP contribution in [-0.2, 0) is 5.41 Å². The predicted octanol–water partition coefficient (Wildman–Crippen LogP) is 5.53. The van der Waals surface area contributed by atoms with Crippen LogP contribution in [0.15, 0.2) is 54.6 Å². The second-order valence-electron chi connectivity index (χ2n) is 6.08. The fraction of sp³-hybridized carbons (Fsp3) is 0.211. The van der Waals surface area contributed by atoms with Crippen molar-refractivity contribution < 1.29 is 4.79 Å². The molecule has 0 spiro atoms. The Morgan fingerprint density at radius 3 is 2.05 bits per heavy atom. The molecule has 2 aromatic carbocycles. The number of hydrogen-bond acceptors (Lipinski definition) is 1. The van der Waals surface area contributed by atoms with Gasteiger partial charge in [-0.05, 0) is 46.9 Å². The van der Waals surface area contributed by atoms with Gasteiger partial charge in [-0.15, -0.1) is 0 Å². The van der Waals surface area contributed by atoms with Gasteiger partial charge in [-0.3, -0.25) is 4.79 Å². The minimum absolute atomic E-state index is 0.0217. The van der Waals surface area contributed by atoms with Gasteiger partial charge in [-0.25, -0.2) is 0 Å². The molecule has 0 amide bonds. The lowest BCUT2D eigenvalue weighted by atomic mass is 9.87. The van der Waals surface area contributed by atoms with Crippen LogP contribution in [0.1, 0.15) is 42.3 Å². The maximum absolute atomic E-state index is 12.0. The zero-order valence-electron chi connectivity index (χ0n) is 12.6. The lowest BCUT2D eigenvalue weighted by molar-refractivity contribution is 0.104. The third-order valence-corrected chi connectivity index (χ3v) is 3.58. The molecular formula is C19H19ClO. The van der Waals surface area contributed by atoms with Crippen LogP contribution in [-0.4, -0.2) is 5.78 Å². The van der Waals surface area contributed by atoms with Crippen molar-refractivity contribution in [1.82, 2.24) is 0 Å². The van der Waals surface area contributed by atoms with E-state index in [1.165, 1.54) is 5.56 Å². The van der Waals surface area contributed by atoms with Crippen molar-refractivity contribution in [2.75, 3.05) is 0 Å². The highest BCUT2D eigenvalue weighted by molar-refractivity contribution is 6.30. The van der Waals surface area contributed by atoms with E-state index in [0.717, 1.165) is 5.56 Å². The van der Waals surface area contributed by atoms with Gasteiger partial charge in [0.1, 0.15) is 0 Å². The third-order valence-electron chi connectivity index (χ3n) is 3.33. The van der Waals surface area contributed by atoms with E-state index in [1.54, 1.807) is 30.3 Å². The van der Waals surface area contributed by atoms with Crippen LogP contribution in [0.2, 0.25) is 5.02 Å². The summed E-state index contributed by atoms with van der Waals surface area (Å²) in [5.74, 6) is -0.0217. The molecule has 0 aliphatic heterocycles. The van der Waals surface area contributed by atoms with Gasteiger partial charge in [-0.2, -0.15) is 0 Å². The lowest BCUT2D eigenvalue weighted by Crippen LogP contribution is -2.10. The molecular weight excluding hydrogens is 280 g/mol. The van der Waals surface area contributed by atoms with Gasteiger partial charge in [0.15, 0.2) is 5.78 Å². The van der Waals surface area contributed by atoms with Crippen molar-refractivity contribution in [1.29, 1.82) is 0 Å². The Kier molecular flexibility index (Phi) is 4.64. The van der Waals surface area contributed by atoms with Crippen molar-refractivity contribution in [2.45, 2.75) is 26.2 Å². The van der Waals surface area contributed by atoms with Gasteiger partial charge >= 0.3 is 0 Å². The van der Waals surface area contributed by atoms with Crippen molar-refractivity contribution in [3.63, 3.8) is 0 Å². The molecule has 0 atom stereocenters. The minimum atomic E-state index is -0.0217. The molecule has 0 saturated heterocycles. The molecule has 2 aromatic rings. The van der Waals surface area contributed by atoms with Gasteiger partial charge in [0.25, 0.3) is 0 Å². The van der Waals surface area contributed by atoms with E-state index in [2.05, 4.69) is 32.9 Å². The van der Waals surface area contributed by atoms with E-state index in [1.807, 2.05) is 18.2 Å². The zero-order chi connectivity index (χ0) is 15.5. The quantitative estimate of drug-likeness (QED) is 0.537. The first-order valence-corrected chi connectivity index (χ1v) is 7.32. The monoisotopic (exact) mass is 298 g/mol. The minimum Gasteiger partial charge on any atom is -0.289 e. The molecule has 0 bridgehead atoms. The van der Waals surface area contributed by atoms with Crippen LogP contribution in [0.5, 0.6) is 0 Å². The summed E-state index contributed by atoms with van der Waals surface area (Å²) in [4.78, 5) is 12.0. The fourth-order valence-electron chi connectivity index (χ4n) is 1.98. The molecule has 21 heavy (non-hydrogen) atoms. The highest BCUT2D eigenvalue weighted by atomic mass is 35.5. The van der Waals surface area contributed by atoms with Gasteiger partial charge in [0, 0.05) is 10.6 Å². The molecule has 0 saturated carbocycles.